The largest absolute Gasteiger partial charge is 0.399 e. The van der Waals surface area contributed by atoms with Crippen molar-refractivity contribution in [3.8, 4) is 0 Å². The first-order valence-corrected chi connectivity index (χ1v) is 6.13. The van der Waals surface area contributed by atoms with Gasteiger partial charge in [0.15, 0.2) is 0 Å². The first-order valence-electron chi connectivity index (χ1n) is 6.13. The highest BCUT2D eigenvalue weighted by Crippen LogP contribution is 2.36. The zero-order chi connectivity index (χ0) is 11.6. The lowest BCUT2D eigenvalue weighted by Gasteiger charge is -2.18. The van der Waals surface area contributed by atoms with Crippen LogP contribution in [0.15, 0.2) is 24.3 Å². The minimum Gasteiger partial charge on any atom is -0.399 e. The molecule has 0 radical (unpaired) electrons. The molecule has 3 N–H and O–H groups in total. The molecule has 2 nitrogen and oxygen atoms in total. The summed E-state index contributed by atoms with van der Waals surface area (Å²) < 4.78 is 0. The van der Waals surface area contributed by atoms with Gasteiger partial charge in [0.2, 0.25) is 0 Å². The Kier molecular flexibility index (Phi) is 3.20. The molecule has 0 bridgehead atoms. The number of nitrogen functional groups attached to an aromatic ring is 1. The van der Waals surface area contributed by atoms with E-state index >= 15 is 0 Å². The zero-order valence-corrected chi connectivity index (χ0v) is 10.3. The number of rotatable bonds is 3. The number of benzene rings is 1. The van der Waals surface area contributed by atoms with Crippen molar-refractivity contribution in [3.63, 3.8) is 0 Å². The molecule has 88 valence electrons. The van der Waals surface area contributed by atoms with Gasteiger partial charge in [0.25, 0.3) is 0 Å². The van der Waals surface area contributed by atoms with Crippen LogP contribution in [0.2, 0.25) is 0 Å². The third-order valence-corrected chi connectivity index (χ3v) is 3.51. The van der Waals surface area contributed by atoms with Crippen LogP contribution in [0.1, 0.15) is 38.7 Å². The van der Waals surface area contributed by atoms with E-state index in [2.05, 4.69) is 25.2 Å². The molecule has 0 saturated heterocycles. The Hall–Kier alpha value is -1.02. The van der Waals surface area contributed by atoms with E-state index in [1.807, 2.05) is 18.2 Å². The fourth-order valence-electron chi connectivity index (χ4n) is 2.58. The summed E-state index contributed by atoms with van der Waals surface area (Å²) in [5, 5.41) is 3.63. The molecule has 1 aromatic carbocycles. The van der Waals surface area contributed by atoms with E-state index in [-0.39, 0.29) is 0 Å². The quantitative estimate of drug-likeness (QED) is 0.765. The van der Waals surface area contributed by atoms with Crippen LogP contribution in [0.5, 0.6) is 0 Å². The van der Waals surface area contributed by atoms with E-state index in [1.54, 1.807) is 0 Å². The van der Waals surface area contributed by atoms with Crippen LogP contribution in [0.4, 0.5) is 5.69 Å². The van der Waals surface area contributed by atoms with Gasteiger partial charge in [0.05, 0.1) is 0 Å². The second-order valence-electron chi connectivity index (χ2n) is 5.73. The number of nitrogens with two attached hydrogens (primary N) is 1. The summed E-state index contributed by atoms with van der Waals surface area (Å²) in [6.07, 6.45) is 3.92. The fourth-order valence-corrected chi connectivity index (χ4v) is 2.58. The SMILES string of the molecule is CC1(C)CCC(NCc2cccc(N)c2)C1. The summed E-state index contributed by atoms with van der Waals surface area (Å²) in [5.41, 5.74) is 8.41. The summed E-state index contributed by atoms with van der Waals surface area (Å²) in [7, 11) is 0. The highest BCUT2D eigenvalue weighted by atomic mass is 14.9. The van der Waals surface area contributed by atoms with Crippen molar-refractivity contribution in [1.82, 2.24) is 5.32 Å². The lowest BCUT2D eigenvalue weighted by molar-refractivity contribution is 0.364. The Morgan fingerprint density at radius 2 is 2.25 bits per heavy atom. The molecular formula is C14H22N2. The van der Waals surface area contributed by atoms with Crippen LogP contribution in [0, 0.1) is 5.41 Å². The monoisotopic (exact) mass is 218 g/mol. The second-order valence-corrected chi connectivity index (χ2v) is 5.73. The van der Waals surface area contributed by atoms with Gasteiger partial charge in [-0.2, -0.15) is 0 Å². The van der Waals surface area contributed by atoms with Crippen molar-refractivity contribution < 1.29 is 0 Å². The molecule has 0 aromatic heterocycles. The van der Waals surface area contributed by atoms with Crippen molar-refractivity contribution in [1.29, 1.82) is 0 Å². The molecule has 2 heteroatoms. The van der Waals surface area contributed by atoms with Crippen molar-refractivity contribution >= 4 is 5.69 Å². The van der Waals surface area contributed by atoms with Crippen LogP contribution in [-0.4, -0.2) is 6.04 Å². The molecule has 16 heavy (non-hydrogen) atoms. The van der Waals surface area contributed by atoms with Crippen molar-refractivity contribution in [2.24, 2.45) is 5.41 Å². The Bertz CT molecular complexity index is 358. The zero-order valence-electron chi connectivity index (χ0n) is 10.3. The highest BCUT2D eigenvalue weighted by Gasteiger charge is 2.30. The Morgan fingerprint density at radius 1 is 1.44 bits per heavy atom. The van der Waals surface area contributed by atoms with Crippen LogP contribution < -0.4 is 11.1 Å². The van der Waals surface area contributed by atoms with E-state index in [4.69, 9.17) is 5.73 Å². The molecule has 1 aliphatic rings. The highest BCUT2D eigenvalue weighted by molar-refractivity contribution is 5.40. The summed E-state index contributed by atoms with van der Waals surface area (Å²) in [6, 6.07) is 8.81. The van der Waals surface area contributed by atoms with Crippen molar-refractivity contribution in [2.45, 2.75) is 45.7 Å². The van der Waals surface area contributed by atoms with E-state index < -0.39 is 0 Å². The van der Waals surface area contributed by atoms with Crippen LogP contribution >= 0.6 is 0 Å². The molecule has 0 heterocycles. The maximum atomic E-state index is 5.76. The van der Waals surface area contributed by atoms with Crippen LogP contribution in [-0.2, 0) is 6.54 Å². The van der Waals surface area contributed by atoms with Gasteiger partial charge in [0, 0.05) is 18.3 Å². The van der Waals surface area contributed by atoms with Crippen LogP contribution in [0.3, 0.4) is 0 Å². The maximum Gasteiger partial charge on any atom is 0.0317 e. The van der Waals surface area contributed by atoms with Gasteiger partial charge in [-0.3, -0.25) is 0 Å². The predicted molar refractivity (Wildman–Crippen MR) is 69.1 cm³/mol. The van der Waals surface area contributed by atoms with E-state index in [0.717, 1.165) is 12.2 Å². The maximum absolute atomic E-state index is 5.76. The molecule has 1 aromatic rings. The molecule has 2 rings (SSSR count). The summed E-state index contributed by atoms with van der Waals surface area (Å²) >= 11 is 0. The van der Waals surface area contributed by atoms with Crippen molar-refractivity contribution in [2.75, 3.05) is 5.73 Å². The molecular weight excluding hydrogens is 196 g/mol. The summed E-state index contributed by atoms with van der Waals surface area (Å²) in [6.45, 7) is 5.65. The number of hydrogen-bond acceptors (Lipinski definition) is 2. The average Bonchev–Trinajstić information content (AvgIpc) is 2.56. The van der Waals surface area contributed by atoms with E-state index in [1.165, 1.54) is 24.8 Å². The molecule has 0 amide bonds. The first-order chi connectivity index (χ1) is 7.55. The fraction of sp³-hybridized carbons (Fsp3) is 0.571. The first kappa shape index (κ1) is 11.5. The normalized spacial score (nSPS) is 23.5. The predicted octanol–water partition coefficient (Wildman–Crippen LogP) is 2.94. The summed E-state index contributed by atoms with van der Waals surface area (Å²) in [4.78, 5) is 0. The lowest BCUT2D eigenvalue weighted by Crippen LogP contribution is -2.26. The average molecular weight is 218 g/mol. The molecule has 1 aliphatic carbocycles. The molecule has 1 unspecified atom stereocenters. The summed E-state index contributed by atoms with van der Waals surface area (Å²) in [5.74, 6) is 0. The third kappa shape index (κ3) is 2.99. The number of anilines is 1. The van der Waals surface area contributed by atoms with E-state index in [9.17, 15) is 0 Å². The molecule has 0 aliphatic heterocycles. The molecule has 1 fully saturated rings. The standard InChI is InChI=1S/C14H22N2/c1-14(2)7-6-13(9-14)16-10-11-4-3-5-12(15)8-11/h3-5,8,13,16H,6-7,9-10,15H2,1-2H3. The Labute approximate surface area is 98.2 Å². The Morgan fingerprint density at radius 3 is 2.88 bits per heavy atom. The lowest BCUT2D eigenvalue weighted by atomic mass is 9.92. The van der Waals surface area contributed by atoms with E-state index in [0.29, 0.717) is 11.5 Å². The van der Waals surface area contributed by atoms with Gasteiger partial charge in [-0.05, 0) is 42.4 Å². The minimum atomic E-state index is 0.521. The smallest absolute Gasteiger partial charge is 0.0317 e. The number of hydrogen-bond donors (Lipinski definition) is 2. The van der Waals surface area contributed by atoms with Crippen molar-refractivity contribution in [3.05, 3.63) is 29.8 Å². The van der Waals surface area contributed by atoms with Gasteiger partial charge < -0.3 is 11.1 Å². The van der Waals surface area contributed by atoms with Gasteiger partial charge in [-0.15, -0.1) is 0 Å². The second kappa shape index (κ2) is 4.46. The molecule has 0 spiro atoms. The minimum absolute atomic E-state index is 0.521. The molecule has 1 saturated carbocycles. The van der Waals surface area contributed by atoms with Crippen LogP contribution in [0.25, 0.3) is 0 Å². The van der Waals surface area contributed by atoms with Gasteiger partial charge in [-0.25, -0.2) is 0 Å². The Balaban J connectivity index is 1.84. The third-order valence-electron chi connectivity index (χ3n) is 3.51. The van der Waals surface area contributed by atoms with Gasteiger partial charge in [-0.1, -0.05) is 26.0 Å². The molecule has 1 atom stereocenters. The van der Waals surface area contributed by atoms with Gasteiger partial charge >= 0.3 is 0 Å². The number of nitrogens with one attached hydrogen (secondary N) is 1. The van der Waals surface area contributed by atoms with Gasteiger partial charge in [0.1, 0.15) is 0 Å². The topological polar surface area (TPSA) is 38.0 Å².